The lowest BCUT2D eigenvalue weighted by atomic mass is 10.3. The van der Waals surface area contributed by atoms with Crippen molar-refractivity contribution in [1.29, 1.82) is 0 Å². The molecule has 0 fully saturated rings. The Morgan fingerprint density at radius 1 is 1.25 bits per heavy atom. The van der Waals surface area contributed by atoms with E-state index in [2.05, 4.69) is 20.2 Å². The van der Waals surface area contributed by atoms with Crippen LogP contribution >= 0.6 is 11.8 Å². The molecule has 0 atom stereocenters. The van der Waals surface area contributed by atoms with E-state index < -0.39 is 12.3 Å². The summed E-state index contributed by atoms with van der Waals surface area (Å²) in [6.07, 6.45) is 1.95. The second-order valence-corrected chi connectivity index (χ2v) is 3.48. The van der Waals surface area contributed by atoms with E-state index in [4.69, 9.17) is 4.42 Å². The molecule has 2 aromatic rings. The zero-order chi connectivity index (χ0) is 11.5. The van der Waals surface area contributed by atoms with Crippen LogP contribution < -0.4 is 0 Å². The van der Waals surface area contributed by atoms with E-state index in [1.54, 1.807) is 0 Å². The summed E-state index contributed by atoms with van der Waals surface area (Å²) in [4.78, 5) is 7.93. The summed E-state index contributed by atoms with van der Waals surface area (Å²) in [6, 6.07) is 0. The van der Waals surface area contributed by atoms with Gasteiger partial charge in [0.15, 0.2) is 5.16 Å². The molecule has 0 spiro atoms. The van der Waals surface area contributed by atoms with Gasteiger partial charge in [-0.3, -0.25) is 0 Å². The van der Waals surface area contributed by atoms with Gasteiger partial charge in [0.2, 0.25) is 0 Å². The van der Waals surface area contributed by atoms with Crippen molar-refractivity contribution in [2.45, 2.75) is 11.6 Å². The fourth-order valence-corrected chi connectivity index (χ4v) is 1.29. The minimum Gasteiger partial charge on any atom is -0.415 e. The van der Waals surface area contributed by atoms with E-state index in [-0.39, 0.29) is 5.89 Å². The molecule has 0 aromatic carbocycles. The highest BCUT2D eigenvalue weighted by molar-refractivity contribution is 7.98. The van der Waals surface area contributed by atoms with Gasteiger partial charge in [0.05, 0.1) is 5.56 Å². The molecule has 0 aliphatic heterocycles. The predicted molar refractivity (Wildman–Crippen MR) is 52.1 cm³/mol. The summed E-state index contributed by atoms with van der Waals surface area (Å²) < 4.78 is 29.1. The molecule has 84 valence electrons. The van der Waals surface area contributed by atoms with Crippen LogP contribution in [0.3, 0.4) is 0 Å². The molecule has 0 bridgehead atoms. The van der Waals surface area contributed by atoms with Gasteiger partial charge in [-0.2, -0.15) is 8.78 Å². The van der Waals surface area contributed by atoms with E-state index in [0.717, 1.165) is 0 Å². The molecule has 2 aromatic heterocycles. The molecule has 0 saturated heterocycles. The Balaban J connectivity index is 2.28. The van der Waals surface area contributed by atoms with Crippen LogP contribution in [0.1, 0.15) is 12.3 Å². The Morgan fingerprint density at radius 2 is 1.94 bits per heavy atom. The number of thioether (sulfide) groups is 1. The van der Waals surface area contributed by atoms with E-state index in [1.807, 2.05) is 6.26 Å². The summed E-state index contributed by atoms with van der Waals surface area (Å²) in [6.45, 7) is 0. The van der Waals surface area contributed by atoms with Gasteiger partial charge in [-0.15, -0.1) is 10.2 Å². The highest BCUT2D eigenvalue weighted by Crippen LogP contribution is 2.22. The zero-order valence-electron chi connectivity index (χ0n) is 8.09. The third-order valence-corrected chi connectivity index (χ3v) is 2.26. The van der Waals surface area contributed by atoms with Crippen LogP contribution in [0.5, 0.6) is 0 Å². The molecule has 0 amide bonds. The zero-order valence-corrected chi connectivity index (χ0v) is 8.91. The summed E-state index contributed by atoms with van der Waals surface area (Å²) in [5.41, 5.74) is 0.414. The largest absolute Gasteiger partial charge is 0.415 e. The quantitative estimate of drug-likeness (QED) is 0.609. The molecule has 5 nitrogen and oxygen atoms in total. The molecular formula is C8H6F2N4OS. The number of hydrogen-bond donors (Lipinski definition) is 0. The molecule has 8 heteroatoms. The highest BCUT2D eigenvalue weighted by Gasteiger charge is 2.17. The molecule has 2 rings (SSSR count). The normalized spacial score (nSPS) is 11.0. The highest BCUT2D eigenvalue weighted by atomic mass is 32.2. The van der Waals surface area contributed by atoms with Crippen LogP contribution in [0.25, 0.3) is 11.5 Å². The fourth-order valence-electron chi connectivity index (χ4n) is 0.971. The lowest BCUT2D eigenvalue weighted by Crippen LogP contribution is -1.86. The van der Waals surface area contributed by atoms with Gasteiger partial charge in [-0.1, -0.05) is 11.8 Å². The fraction of sp³-hybridized carbons (Fsp3) is 0.250. The van der Waals surface area contributed by atoms with Gasteiger partial charge in [-0.25, -0.2) is 9.97 Å². The lowest BCUT2D eigenvalue weighted by Gasteiger charge is -1.95. The summed E-state index contributed by atoms with van der Waals surface area (Å²) >= 11 is 1.37. The molecule has 0 aliphatic rings. The van der Waals surface area contributed by atoms with Crippen molar-refractivity contribution in [2.24, 2.45) is 0 Å². The Bertz CT molecular complexity index is 473. The van der Waals surface area contributed by atoms with Gasteiger partial charge in [0, 0.05) is 12.4 Å². The number of aromatic nitrogens is 4. The molecule has 0 N–H and O–H groups in total. The van der Waals surface area contributed by atoms with Gasteiger partial charge in [0.25, 0.3) is 11.8 Å². The number of alkyl halides is 2. The average molecular weight is 244 g/mol. The standard InChI is InChI=1S/C8H6F2N4OS/c1-16-8-11-2-4(3-12-8)6-13-14-7(15-6)5(9)10/h2-3,5H,1H3. The molecular weight excluding hydrogens is 238 g/mol. The van der Waals surface area contributed by atoms with Crippen LogP contribution in [0.15, 0.2) is 22.0 Å². The van der Waals surface area contributed by atoms with Crippen molar-refractivity contribution >= 4 is 11.8 Å². The van der Waals surface area contributed by atoms with Crippen LogP contribution in [0.2, 0.25) is 0 Å². The smallest absolute Gasteiger partial charge is 0.314 e. The topological polar surface area (TPSA) is 64.7 Å². The number of halogens is 2. The maximum absolute atomic E-state index is 12.2. The van der Waals surface area contributed by atoms with Crippen molar-refractivity contribution in [3.05, 3.63) is 18.3 Å². The Kier molecular flexibility index (Phi) is 3.09. The van der Waals surface area contributed by atoms with Gasteiger partial charge >= 0.3 is 6.43 Å². The number of hydrogen-bond acceptors (Lipinski definition) is 6. The third kappa shape index (κ3) is 2.16. The summed E-state index contributed by atoms with van der Waals surface area (Å²) in [5, 5.41) is 7.27. The maximum atomic E-state index is 12.2. The minimum absolute atomic E-state index is 0.0112. The molecule has 0 radical (unpaired) electrons. The second-order valence-electron chi connectivity index (χ2n) is 2.70. The molecule has 0 aliphatic carbocycles. The van der Waals surface area contributed by atoms with Crippen molar-refractivity contribution in [3.63, 3.8) is 0 Å². The van der Waals surface area contributed by atoms with Crippen LogP contribution in [-0.2, 0) is 0 Å². The van der Waals surface area contributed by atoms with Crippen molar-refractivity contribution in [1.82, 2.24) is 20.2 Å². The van der Waals surface area contributed by atoms with Crippen molar-refractivity contribution < 1.29 is 13.2 Å². The van der Waals surface area contributed by atoms with E-state index in [0.29, 0.717) is 10.7 Å². The van der Waals surface area contributed by atoms with Gasteiger partial charge in [0.1, 0.15) is 0 Å². The first-order valence-corrected chi connectivity index (χ1v) is 5.41. The second kappa shape index (κ2) is 4.52. The van der Waals surface area contributed by atoms with Crippen LogP contribution in [-0.4, -0.2) is 26.4 Å². The van der Waals surface area contributed by atoms with Crippen molar-refractivity contribution in [3.8, 4) is 11.5 Å². The third-order valence-electron chi connectivity index (χ3n) is 1.68. The molecule has 0 saturated carbocycles. The average Bonchev–Trinajstić information content (AvgIpc) is 2.78. The summed E-state index contributed by atoms with van der Waals surface area (Å²) in [5.74, 6) is -0.716. The maximum Gasteiger partial charge on any atom is 0.314 e. The number of rotatable bonds is 3. The SMILES string of the molecule is CSc1ncc(-c2nnc(C(F)F)o2)cn1. The Labute approximate surface area is 93.3 Å². The van der Waals surface area contributed by atoms with Crippen LogP contribution in [0.4, 0.5) is 8.78 Å². The van der Waals surface area contributed by atoms with E-state index in [1.165, 1.54) is 24.2 Å². The van der Waals surface area contributed by atoms with Gasteiger partial charge < -0.3 is 4.42 Å². The minimum atomic E-state index is -2.77. The van der Waals surface area contributed by atoms with E-state index >= 15 is 0 Å². The lowest BCUT2D eigenvalue weighted by molar-refractivity contribution is 0.116. The van der Waals surface area contributed by atoms with E-state index in [9.17, 15) is 8.78 Å². The summed E-state index contributed by atoms with van der Waals surface area (Å²) in [7, 11) is 0. The Morgan fingerprint density at radius 3 is 2.44 bits per heavy atom. The van der Waals surface area contributed by atoms with Crippen molar-refractivity contribution in [2.75, 3.05) is 6.26 Å². The first-order valence-electron chi connectivity index (χ1n) is 4.18. The monoisotopic (exact) mass is 244 g/mol. The molecule has 0 unspecified atom stereocenters. The predicted octanol–water partition coefficient (Wildman–Crippen LogP) is 2.19. The van der Waals surface area contributed by atoms with Gasteiger partial charge in [-0.05, 0) is 6.26 Å². The first kappa shape index (κ1) is 10.9. The number of nitrogens with zero attached hydrogens (tertiary/aromatic N) is 4. The Hall–Kier alpha value is -1.57. The first-order chi connectivity index (χ1) is 7.70. The van der Waals surface area contributed by atoms with Crippen LogP contribution in [0, 0.1) is 0 Å². The molecule has 16 heavy (non-hydrogen) atoms. The molecule has 2 heterocycles.